The van der Waals surface area contributed by atoms with E-state index in [-0.39, 0.29) is 17.7 Å². The predicted octanol–water partition coefficient (Wildman–Crippen LogP) is 2.94. The van der Waals surface area contributed by atoms with Gasteiger partial charge in [-0.1, -0.05) is 6.07 Å². The van der Waals surface area contributed by atoms with Crippen LogP contribution in [0, 0.1) is 12.8 Å². The summed E-state index contributed by atoms with van der Waals surface area (Å²) in [5.41, 5.74) is 1.05. The summed E-state index contributed by atoms with van der Waals surface area (Å²) in [5, 5.41) is 4.75. The average Bonchev–Trinajstić information content (AvgIpc) is 3.09. The van der Waals surface area contributed by atoms with Gasteiger partial charge in [-0.25, -0.2) is 4.98 Å². The highest BCUT2D eigenvalue weighted by atomic mass is 32.1. The first-order chi connectivity index (χ1) is 11.1. The van der Waals surface area contributed by atoms with E-state index in [1.54, 1.807) is 11.1 Å². The van der Waals surface area contributed by atoms with E-state index in [1.807, 2.05) is 36.6 Å². The molecule has 2 aromatic rings. The second-order valence-electron chi connectivity index (χ2n) is 5.78. The molecule has 1 aliphatic heterocycles. The van der Waals surface area contributed by atoms with Crippen LogP contribution in [0.25, 0.3) is 0 Å². The van der Waals surface area contributed by atoms with Gasteiger partial charge >= 0.3 is 0 Å². The van der Waals surface area contributed by atoms with E-state index in [4.69, 9.17) is 0 Å². The Morgan fingerprint density at radius 1 is 1.39 bits per heavy atom. The standard InChI is InChI=1S/C17H19N3O2S/c1-12-6-7-18-15(10-12)19-16(21)13-4-2-8-20(11-13)17(22)14-5-3-9-23-14/h3,5-7,9-10,13H,2,4,8,11H2,1H3,(H,18,19,21). The molecule has 0 saturated carbocycles. The first-order valence-electron chi connectivity index (χ1n) is 7.70. The number of nitrogens with zero attached hydrogens (tertiary/aromatic N) is 2. The van der Waals surface area contributed by atoms with Crippen molar-refractivity contribution in [3.05, 3.63) is 46.3 Å². The van der Waals surface area contributed by atoms with Gasteiger partial charge < -0.3 is 10.2 Å². The van der Waals surface area contributed by atoms with Crippen molar-refractivity contribution >= 4 is 29.0 Å². The van der Waals surface area contributed by atoms with Gasteiger partial charge in [0.15, 0.2) is 0 Å². The lowest BCUT2D eigenvalue weighted by atomic mass is 9.97. The summed E-state index contributed by atoms with van der Waals surface area (Å²) in [4.78, 5) is 31.5. The second kappa shape index (κ2) is 6.91. The van der Waals surface area contributed by atoms with Crippen molar-refractivity contribution in [3.8, 4) is 0 Å². The van der Waals surface area contributed by atoms with Crippen LogP contribution in [0.15, 0.2) is 35.8 Å². The lowest BCUT2D eigenvalue weighted by Gasteiger charge is -2.31. The van der Waals surface area contributed by atoms with Crippen molar-refractivity contribution in [2.75, 3.05) is 18.4 Å². The number of amides is 2. The Balaban J connectivity index is 1.64. The predicted molar refractivity (Wildman–Crippen MR) is 90.6 cm³/mol. The third-order valence-corrected chi connectivity index (χ3v) is 4.84. The van der Waals surface area contributed by atoms with Crippen molar-refractivity contribution in [2.45, 2.75) is 19.8 Å². The average molecular weight is 329 g/mol. The number of thiophene rings is 1. The Labute approximate surface area is 139 Å². The van der Waals surface area contributed by atoms with Crippen LogP contribution < -0.4 is 5.32 Å². The zero-order valence-corrected chi connectivity index (χ0v) is 13.8. The smallest absolute Gasteiger partial charge is 0.263 e. The summed E-state index contributed by atoms with van der Waals surface area (Å²) in [6.45, 7) is 3.14. The summed E-state index contributed by atoms with van der Waals surface area (Å²) in [6.07, 6.45) is 3.32. The molecule has 1 aliphatic rings. The minimum atomic E-state index is -0.185. The van der Waals surface area contributed by atoms with E-state index in [2.05, 4.69) is 10.3 Å². The molecule has 0 radical (unpaired) electrons. The number of piperidine rings is 1. The fraction of sp³-hybridized carbons (Fsp3) is 0.353. The van der Waals surface area contributed by atoms with Crippen molar-refractivity contribution in [1.29, 1.82) is 0 Å². The summed E-state index contributed by atoms with van der Waals surface area (Å²) in [6, 6.07) is 7.43. The highest BCUT2D eigenvalue weighted by Crippen LogP contribution is 2.21. The number of hydrogen-bond donors (Lipinski definition) is 1. The molecule has 3 rings (SSSR count). The number of rotatable bonds is 3. The van der Waals surface area contributed by atoms with Gasteiger partial charge in [0.05, 0.1) is 10.8 Å². The molecule has 1 fully saturated rings. The third kappa shape index (κ3) is 3.76. The molecule has 6 heteroatoms. The first kappa shape index (κ1) is 15.7. The largest absolute Gasteiger partial charge is 0.337 e. The molecule has 1 unspecified atom stereocenters. The van der Waals surface area contributed by atoms with E-state index < -0.39 is 0 Å². The van der Waals surface area contributed by atoms with Crippen LogP contribution in [0.2, 0.25) is 0 Å². The third-order valence-electron chi connectivity index (χ3n) is 3.98. The van der Waals surface area contributed by atoms with Crippen LogP contribution in [0.4, 0.5) is 5.82 Å². The van der Waals surface area contributed by atoms with Crippen LogP contribution in [0.1, 0.15) is 28.1 Å². The number of nitrogens with one attached hydrogen (secondary N) is 1. The normalized spacial score (nSPS) is 17.8. The maximum Gasteiger partial charge on any atom is 0.263 e. The van der Waals surface area contributed by atoms with Crippen molar-refractivity contribution in [3.63, 3.8) is 0 Å². The molecule has 0 spiro atoms. The maximum absolute atomic E-state index is 12.4. The molecule has 5 nitrogen and oxygen atoms in total. The van der Waals surface area contributed by atoms with Crippen molar-refractivity contribution < 1.29 is 9.59 Å². The fourth-order valence-corrected chi connectivity index (χ4v) is 3.46. The number of aromatic nitrogens is 1. The van der Waals surface area contributed by atoms with Gasteiger partial charge in [0.2, 0.25) is 5.91 Å². The number of likely N-dealkylation sites (tertiary alicyclic amines) is 1. The molecule has 1 N–H and O–H groups in total. The van der Waals surface area contributed by atoms with E-state index in [1.165, 1.54) is 11.3 Å². The highest BCUT2D eigenvalue weighted by Gasteiger charge is 2.29. The Morgan fingerprint density at radius 3 is 3.00 bits per heavy atom. The van der Waals surface area contributed by atoms with Gasteiger partial charge in [-0.2, -0.15) is 0 Å². The van der Waals surface area contributed by atoms with Gasteiger partial charge in [0.1, 0.15) is 5.82 Å². The van der Waals surface area contributed by atoms with Gasteiger partial charge in [-0.15, -0.1) is 11.3 Å². The van der Waals surface area contributed by atoms with Crippen LogP contribution >= 0.6 is 11.3 Å². The van der Waals surface area contributed by atoms with E-state index in [0.29, 0.717) is 18.9 Å². The van der Waals surface area contributed by atoms with E-state index in [0.717, 1.165) is 23.3 Å². The molecule has 1 atom stereocenters. The Morgan fingerprint density at radius 2 is 2.26 bits per heavy atom. The molecule has 0 bridgehead atoms. The molecule has 23 heavy (non-hydrogen) atoms. The summed E-state index contributed by atoms with van der Waals surface area (Å²) in [7, 11) is 0. The number of carbonyl (C=O) groups is 2. The van der Waals surface area contributed by atoms with Gasteiger partial charge in [-0.05, 0) is 48.9 Å². The number of hydrogen-bond acceptors (Lipinski definition) is 4. The summed E-state index contributed by atoms with van der Waals surface area (Å²) < 4.78 is 0. The molecule has 1 saturated heterocycles. The van der Waals surface area contributed by atoms with Gasteiger partial charge in [0.25, 0.3) is 5.91 Å². The molecular weight excluding hydrogens is 310 g/mol. The van der Waals surface area contributed by atoms with Crippen LogP contribution in [0.3, 0.4) is 0 Å². The zero-order chi connectivity index (χ0) is 16.2. The van der Waals surface area contributed by atoms with Gasteiger partial charge in [0, 0.05) is 19.3 Å². The Kier molecular flexibility index (Phi) is 4.71. The SMILES string of the molecule is Cc1ccnc(NC(=O)C2CCCN(C(=O)c3cccs3)C2)c1. The summed E-state index contributed by atoms with van der Waals surface area (Å²) >= 11 is 1.44. The first-order valence-corrected chi connectivity index (χ1v) is 8.58. The molecule has 0 aliphatic carbocycles. The number of aryl methyl sites for hydroxylation is 1. The van der Waals surface area contributed by atoms with Crippen LogP contribution in [-0.2, 0) is 4.79 Å². The Hall–Kier alpha value is -2.21. The number of pyridine rings is 1. The molecule has 2 aromatic heterocycles. The molecular formula is C17H19N3O2S. The lowest BCUT2D eigenvalue weighted by Crippen LogP contribution is -2.43. The van der Waals surface area contributed by atoms with Gasteiger partial charge in [-0.3, -0.25) is 9.59 Å². The lowest BCUT2D eigenvalue weighted by molar-refractivity contribution is -0.121. The molecule has 2 amide bonds. The number of anilines is 1. The molecule has 120 valence electrons. The quantitative estimate of drug-likeness (QED) is 0.942. The van der Waals surface area contributed by atoms with Crippen molar-refractivity contribution in [1.82, 2.24) is 9.88 Å². The maximum atomic E-state index is 12.4. The summed E-state index contributed by atoms with van der Waals surface area (Å²) in [5.74, 6) is 0.338. The Bertz CT molecular complexity index is 700. The monoisotopic (exact) mass is 329 g/mol. The van der Waals surface area contributed by atoms with Crippen LogP contribution in [0.5, 0.6) is 0 Å². The topological polar surface area (TPSA) is 62.3 Å². The molecule has 0 aromatic carbocycles. The zero-order valence-electron chi connectivity index (χ0n) is 13.0. The van der Waals surface area contributed by atoms with Crippen molar-refractivity contribution in [2.24, 2.45) is 5.92 Å². The fourth-order valence-electron chi connectivity index (χ4n) is 2.76. The number of carbonyl (C=O) groups excluding carboxylic acids is 2. The minimum absolute atomic E-state index is 0.0196. The molecule has 3 heterocycles. The highest BCUT2D eigenvalue weighted by molar-refractivity contribution is 7.12. The minimum Gasteiger partial charge on any atom is -0.337 e. The van der Waals surface area contributed by atoms with Crippen LogP contribution in [-0.4, -0.2) is 34.8 Å². The van der Waals surface area contributed by atoms with E-state index >= 15 is 0 Å². The van der Waals surface area contributed by atoms with E-state index in [9.17, 15) is 9.59 Å². The second-order valence-corrected chi connectivity index (χ2v) is 6.72.